The highest BCUT2D eigenvalue weighted by Crippen LogP contribution is 2.26. The number of nitrogen functional groups attached to an aromatic ring is 1. The van der Waals surface area contributed by atoms with E-state index in [-0.39, 0.29) is 11.9 Å². The molecule has 110 valence electrons. The van der Waals surface area contributed by atoms with Gasteiger partial charge in [-0.15, -0.1) is 0 Å². The number of hydrogen-bond acceptors (Lipinski definition) is 2. The number of amides is 1. The summed E-state index contributed by atoms with van der Waals surface area (Å²) in [5, 5.41) is 0.865. The fraction of sp³-hybridized carbons (Fsp3) is 0.188. The van der Waals surface area contributed by atoms with Crippen LogP contribution in [0.3, 0.4) is 0 Å². The van der Waals surface area contributed by atoms with Crippen molar-refractivity contribution in [2.75, 3.05) is 12.8 Å². The molecular weight excluding hydrogens is 307 g/mol. The molecule has 0 saturated carbocycles. The molecular formula is C16H16Cl2N2O. The monoisotopic (exact) mass is 322 g/mol. The van der Waals surface area contributed by atoms with Gasteiger partial charge in [0.05, 0.1) is 16.6 Å². The van der Waals surface area contributed by atoms with E-state index < -0.39 is 0 Å². The molecule has 2 aromatic carbocycles. The molecule has 0 spiro atoms. The maximum Gasteiger partial charge on any atom is 0.255 e. The zero-order chi connectivity index (χ0) is 15.6. The molecule has 1 atom stereocenters. The van der Waals surface area contributed by atoms with Crippen molar-refractivity contribution in [2.45, 2.75) is 13.0 Å². The molecule has 0 aliphatic heterocycles. The van der Waals surface area contributed by atoms with E-state index in [0.29, 0.717) is 21.3 Å². The Hall–Kier alpha value is -1.71. The normalized spacial score (nSPS) is 12.0. The molecule has 2 N–H and O–H groups in total. The number of hydrogen-bond donors (Lipinski definition) is 1. The van der Waals surface area contributed by atoms with Crippen LogP contribution in [-0.2, 0) is 0 Å². The summed E-state index contributed by atoms with van der Waals surface area (Å²) in [7, 11) is 1.73. The van der Waals surface area contributed by atoms with Crippen LogP contribution in [0, 0.1) is 0 Å². The molecule has 5 heteroatoms. The molecule has 3 nitrogen and oxygen atoms in total. The predicted octanol–water partition coefficient (Wildman–Crippen LogP) is 4.41. The van der Waals surface area contributed by atoms with Crippen molar-refractivity contribution in [2.24, 2.45) is 0 Å². The van der Waals surface area contributed by atoms with E-state index in [1.165, 1.54) is 0 Å². The number of carbonyl (C=O) groups excluding carboxylic acids is 1. The maximum absolute atomic E-state index is 12.6. The van der Waals surface area contributed by atoms with Gasteiger partial charge in [0.15, 0.2) is 0 Å². The van der Waals surface area contributed by atoms with Gasteiger partial charge >= 0.3 is 0 Å². The molecule has 0 aromatic heterocycles. The summed E-state index contributed by atoms with van der Waals surface area (Å²) in [6.07, 6.45) is 0. The van der Waals surface area contributed by atoms with Crippen molar-refractivity contribution in [1.29, 1.82) is 0 Å². The van der Waals surface area contributed by atoms with Crippen LogP contribution in [0.15, 0.2) is 42.5 Å². The second-order valence-corrected chi connectivity index (χ2v) is 5.73. The molecule has 2 aromatic rings. The molecule has 21 heavy (non-hydrogen) atoms. The van der Waals surface area contributed by atoms with Crippen LogP contribution < -0.4 is 5.73 Å². The van der Waals surface area contributed by atoms with E-state index in [1.54, 1.807) is 30.1 Å². The van der Waals surface area contributed by atoms with Gasteiger partial charge in [-0.25, -0.2) is 0 Å². The summed E-state index contributed by atoms with van der Waals surface area (Å²) in [4.78, 5) is 14.2. The van der Waals surface area contributed by atoms with Crippen molar-refractivity contribution < 1.29 is 4.79 Å². The number of nitrogens with two attached hydrogens (primary N) is 1. The van der Waals surface area contributed by atoms with Crippen LogP contribution in [-0.4, -0.2) is 17.9 Å². The first-order valence-electron chi connectivity index (χ1n) is 6.48. The fourth-order valence-electron chi connectivity index (χ4n) is 2.07. The van der Waals surface area contributed by atoms with E-state index in [4.69, 9.17) is 28.9 Å². The number of rotatable bonds is 3. The largest absolute Gasteiger partial charge is 0.399 e. The van der Waals surface area contributed by atoms with Crippen molar-refractivity contribution >= 4 is 34.8 Å². The second-order valence-electron chi connectivity index (χ2n) is 4.89. The van der Waals surface area contributed by atoms with Crippen LogP contribution >= 0.6 is 23.2 Å². The van der Waals surface area contributed by atoms with Gasteiger partial charge in [0.1, 0.15) is 0 Å². The number of nitrogens with zero attached hydrogens (tertiary/aromatic N) is 1. The van der Waals surface area contributed by atoms with Gasteiger partial charge in [-0.3, -0.25) is 4.79 Å². The Balaban J connectivity index is 2.28. The molecule has 0 aliphatic rings. The highest BCUT2D eigenvalue weighted by atomic mass is 35.5. The lowest BCUT2D eigenvalue weighted by Gasteiger charge is -2.26. The van der Waals surface area contributed by atoms with Crippen LogP contribution in [0.1, 0.15) is 28.9 Å². The summed E-state index contributed by atoms with van der Waals surface area (Å²) in [5.41, 5.74) is 7.81. The third-order valence-corrected chi connectivity index (χ3v) is 4.02. The van der Waals surface area contributed by atoms with Gasteiger partial charge in [0.25, 0.3) is 5.91 Å². The first-order valence-corrected chi connectivity index (χ1v) is 7.23. The summed E-state index contributed by atoms with van der Waals surface area (Å²) < 4.78 is 0. The van der Waals surface area contributed by atoms with E-state index in [0.717, 1.165) is 5.56 Å². The van der Waals surface area contributed by atoms with Crippen molar-refractivity contribution in [3.05, 3.63) is 63.6 Å². The van der Waals surface area contributed by atoms with Crippen molar-refractivity contribution in [3.8, 4) is 0 Å². The van der Waals surface area contributed by atoms with E-state index in [9.17, 15) is 4.79 Å². The Kier molecular flexibility index (Phi) is 4.76. The molecule has 1 unspecified atom stereocenters. The van der Waals surface area contributed by atoms with Gasteiger partial charge in [0, 0.05) is 17.8 Å². The summed E-state index contributed by atoms with van der Waals surface area (Å²) in [6.45, 7) is 1.94. The lowest BCUT2D eigenvalue weighted by molar-refractivity contribution is 0.0743. The fourth-order valence-corrected chi connectivity index (χ4v) is 2.44. The number of halogens is 2. The third-order valence-electron chi connectivity index (χ3n) is 3.45. The molecule has 0 saturated heterocycles. The zero-order valence-electron chi connectivity index (χ0n) is 11.8. The molecule has 0 bridgehead atoms. The van der Waals surface area contributed by atoms with Crippen LogP contribution in [0.25, 0.3) is 0 Å². The Labute approximate surface area is 134 Å². The number of carbonyl (C=O) groups is 1. The molecule has 0 heterocycles. The number of benzene rings is 2. The minimum atomic E-state index is -0.183. The van der Waals surface area contributed by atoms with Gasteiger partial charge < -0.3 is 10.6 Å². The average molecular weight is 323 g/mol. The smallest absolute Gasteiger partial charge is 0.255 e. The molecule has 2 rings (SSSR count). The zero-order valence-corrected chi connectivity index (χ0v) is 13.3. The Morgan fingerprint density at radius 2 is 1.90 bits per heavy atom. The standard InChI is InChI=1S/C16H16Cl2N2O/c1-10(11-4-3-5-13(19)8-11)20(2)16(21)14-9-12(17)6-7-15(14)18/h3-10H,19H2,1-2H3. The molecule has 0 radical (unpaired) electrons. The van der Waals surface area contributed by atoms with Gasteiger partial charge in [-0.05, 0) is 42.8 Å². The molecule has 0 fully saturated rings. The second kappa shape index (κ2) is 6.37. The Morgan fingerprint density at radius 3 is 2.57 bits per heavy atom. The maximum atomic E-state index is 12.6. The minimum Gasteiger partial charge on any atom is -0.399 e. The van der Waals surface area contributed by atoms with E-state index in [1.807, 2.05) is 31.2 Å². The van der Waals surface area contributed by atoms with Gasteiger partial charge in [-0.2, -0.15) is 0 Å². The first kappa shape index (κ1) is 15.7. The topological polar surface area (TPSA) is 46.3 Å². The Morgan fingerprint density at radius 1 is 1.19 bits per heavy atom. The summed E-state index contributed by atoms with van der Waals surface area (Å²) in [6, 6.07) is 12.2. The number of anilines is 1. The summed E-state index contributed by atoms with van der Waals surface area (Å²) in [5.74, 6) is -0.183. The third kappa shape index (κ3) is 3.49. The lowest BCUT2D eigenvalue weighted by atomic mass is 10.1. The molecule has 1 amide bonds. The van der Waals surface area contributed by atoms with Gasteiger partial charge in [-0.1, -0.05) is 35.3 Å². The summed E-state index contributed by atoms with van der Waals surface area (Å²) >= 11 is 12.0. The van der Waals surface area contributed by atoms with Crippen LogP contribution in [0.4, 0.5) is 5.69 Å². The van der Waals surface area contributed by atoms with Crippen LogP contribution in [0.2, 0.25) is 10.0 Å². The van der Waals surface area contributed by atoms with E-state index in [2.05, 4.69) is 0 Å². The SMILES string of the molecule is CC(c1cccc(N)c1)N(C)C(=O)c1cc(Cl)ccc1Cl. The highest BCUT2D eigenvalue weighted by molar-refractivity contribution is 6.35. The molecule has 0 aliphatic carbocycles. The lowest BCUT2D eigenvalue weighted by Crippen LogP contribution is -2.30. The Bertz CT molecular complexity index is 673. The van der Waals surface area contributed by atoms with Crippen molar-refractivity contribution in [3.63, 3.8) is 0 Å². The van der Waals surface area contributed by atoms with E-state index >= 15 is 0 Å². The van der Waals surface area contributed by atoms with Gasteiger partial charge in [0.2, 0.25) is 0 Å². The first-order chi connectivity index (χ1) is 9.90. The average Bonchev–Trinajstić information content (AvgIpc) is 2.47. The van der Waals surface area contributed by atoms with Crippen LogP contribution in [0.5, 0.6) is 0 Å². The minimum absolute atomic E-state index is 0.129. The quantitative estimate of drug-likeness (QED) is 0.851. The van der Waals surface area contributed by atoms with Crippen molar-refractivity contribution in [1.82, 2.24) is 4.90 Å². The highest BCUT2D eigenvalue weighted by Gasteiger charge is 2.21. The predicted molar refractivity (Wildman–Crippen MR) is 87.8 cm³/mol.